The lowest BCUT2D eigenvalue weighted by molar-refractivity contribution is 0.150. The maximum Gasteiger partial charge on any atom is 0.241 e. The smallest absolute Gasteiger partial charge is 0.241 e. The maximum absolute atomic E-state index is 5.43. The van der Waals surface area contributed by atoms with Gasteiger partial charge in [0.1, 0.15) is 0 Å². The molecule has 0 saturated carbocycles. The Morgan fingerprint density at radius 3 is 2.57 bits per heavy atom. The third-order valence-corrected chi connectivity index (χ3v) is 4.96. The summed E-state index contributed by atoms with van der Waals surface area (Å²) in [6, 6.07) is 12.0. The van der Waals surface area contributed by atoms with E-state index < -0.39 is 0 Å². The first-order chi connectivity index (χ1) is 10.8. The van der Waals surface area contributed by atoms with Gasteiger partial charge >= 0.3 is 0 Å². The predicted octanol–water partition coefficient (Wildman–Crippen LogP) is 2.87. The fourth-order valence-electron chi connectivity index (χ4n) is 3.75. The van der Waals surface area contributed by atoms with Gasteiger partial charge in [-0.15, -0.1) is 12.4 Å². The molecule has 6 heteroatoms. The van der Waals surface area contributed by atoms with Crippen molar-refractivity contribution in [2.75, 3.05) is 7.05 Å². The van der Waals surface area contributed by atoms with E-state index in [2.05, 4.69) is 27.4 Å². The molecule has 1 aromatic carbocycles. The molecule has 1 aromatic heterocycles. The quantitative estimate of drug-likeness (QED) is 0.931. The summed E-state index contributed by atoms with van der Waals surface area (Å²) in [6.45, 7) is 0.726. The second-order valence-corrected chi connectivity index (χ2v) is 6.56. The number of hydrogen-bond donors (Lipinski definition) is 1. The summed E-state index contributed by atoms with van der Waals surface area (Å²) in [5, 5.41) is 7.79. The molecular formula is C17H23ClN4O. The molecule has 2 atom stereocenters. The largest absolute Gasteiger partial charge is 0.338 e. The number of aromatic nitrogens is 2. The van der Waals surface area contributed by atoms with Crippen molar-refractivity contribution in [3.8, 4) is 11.4 Å². The van der Waals surface area contributed by atoms with Crippen LogP contribution in [0.5, 0.6) is 0 Å². The standard InChI is InChI=1S/C17H22N4O.ClH/c1-21(15-9-13-7-8-14(10-15)18-13)11-16-19-17(20-22-16)12-5-3-2-4-6-12;/h2-6,13-15,18H,7-11H2,1H3;1H. The van der Waals surface area contributed by atoms with Gasteiger partial charge in [-0.1, -0.05) is 35.5 Å². The molecule has 2 aliphatic rings. The second kappa shape index (κ2) is 6.99. The monoisotopic (exact) mass is 334 g/mol. The van der Waals surface area contributed by atoms with Crippen LogP contribution in [0.15, 0.2) is 34.9 Å². The maximum atomic E-state index is 5.43. The molecule has 0 radical (unpaired) electrons. The van der Waals surface area contributed by atoms with Crippen LogP contribution in [0.4, 0.5) is 0 Å². The van der Waals surface area contributed by atoms with Crippen molar-refractivity contribution in [3.05, 3.63) is 36.2 Å². The molecule has 4 rings (SSSR count). The number of fused-ring (bicyclic) bond motifs is 2. The number of nitrogens with one attached hydrogen (secondary N) is 1. The topological polar surface area (TPSA) is 54.2 Å². The SMILES string of the molecule is CN(Cc1nc(-c2ccccc2)no1)C1CC2CCC(C1)N2.Cl. The molecular weight excluding hydrogens is 312 g/mol. The molecule has 0 spiro atoms. The van der Waals surface area contributed by atoms with Crippen LogP contribution < -0.4 is 5.32 Å². The molecule has 2 aliphatic heterocycles. The van der Waals surface area contributed by atoms with Gasteiger partial charge in [0.2, 0.25) is 11.7 Å². The van der Waals surface area contributed by atoms with Crippen LogP contribution in [0, 0.1) is 0 Å². The highest BCUT2D eigenvalue weighted by molar-refractivity contribution is 5.85. The Bertz CT molecular complexity index is 621. The lowest BCUT2D eigenvalue weighted by Gasteiger charge is -2.34. The molecule has 23 heavy (non-hydrogen) atoms. The number of nitrogens with zero attached hydrogens (tertiary/aromatic N) is 3. The van der Waals surface area contributed by atoms with E-state index in [1.807, 2.05) is 30.3 Å². The summed E-state index contributed by atoms with van der Waals surface area (Å²) in [6.07, 6.45) is 5.11. The number of hydrogen-bond acceptors (Lipinski definition) is 5. The molecule has 1 N–H and O–H groups in total. The summed E-state index contributed by atoms with van der Waals surface area (Å²) in [5.74, 6) is 1.38. The summed E-state index contributed by atoms with van der Waals surface area (Å²) in [4.78, 5) is 6.90. The lowest BCUT2D eigenvalue weighted by atomic mass is 9.98. The first kappa shape index (κ1) is 16.4. The van der Waals surface area contributed by atoms with E-state index in [4.69, 9.17) is 4.52 Å². The number of benzene rings is 1. The van der Waals surface area contributed by atoms with Crippen LogP contribution >= 0.6 is 12.4 Å². The molecule has 2 bridgehead atoms. The molecule has 3 heterocycles. The van der Waals surface area contributed by atoms with Crippen LogP contribution in [0.3, 0.4) is 0 Å². The average molecular weight is 335 g/mol. The van der Waals surface area contributed by atoms with Crippen LogP contribution in [-0.2, 0) is 6.54 Å². The molecule has 0 aliphatic carbocycles. The minimum atomic E-state index is 0. The number of halogens is 1. The van der Waals surface area contributed by atoms with Gasteiger partial charge in [0.15, 0.2) is 0 Å². The zero-order chi connectivity index (χ0) is 14.9. The Labute approximate surface area is 142 Å². The minimum Gasteiger partial charge on any atom is -0.338 e. The van der Waals surface area contributed by atoms with Crippen LogP contribution in [-0.4, -0.2) is 40.2 Å². The van der Waals surface area contributed by atoms with E-state index in [-0.39, 0.29) is 12.4 Å². The molecule has 2 fully saturated rings. The highest BCUT2D eigenvalue weighted by Crippen LogP contribution is 2.29. The number of rotatable bonds is 4. The van der Waals surface area contributed by atoms with Crippen molar-refractivity contribution >= 4 is 12.4 Å². The predicted molar refractivity (Wildman–Crippen MR) is 91.4 cm³/mol. The molecule has 124 valence electrons. The minimum absolute atomic E-state index is 0. The first-order valence-electron chi connectivity index (χ1n) is 8.12. The van der Waals surface area contributed by atoms with Gasteiger partial charge in [-0.25, -0.2) is 0 Å². The van der Waals surface area contributed by atoms with E-state index in [1.54, 1.807) is 0 Å². The Morgan fingerprint density at radius 1 is 1.17 bits per heavy atom. The van der Waals surface area contributed by atoms with Gasteiger partial charge in [0.05, 0.1) is 6.54 Å². The molecule has 2 unspecified atom stereocenters. The average Bonchev–Trinajstić information content (AvgIpc) is 3.14. The Kier molecular flexibility index (Phi) is 4.99. The van der Waals surface area contributed by atoms with Crippen molar-refractivity contribution in [2.24, 2.45) is 0 Å². The van der Waals surface area contributed by atoms with Gasteiger partial charge in [-0.05, 0) is 32.7 Å². The third kappa shape index (κ3) is 3.57. The van der Waals surface area contributed by atoms with Gasteiger partial charge < -0.3 is 9.84 Å². The van der Waals surface area contributed by atoms with E-state index >= 15 is 0 Å². The van der Waals surface area contributed by atoms with Crippen molar-refractivity contribution in [1.29, 1.82) is 0 Å². The summed E-state index contributed by atoms with van der Waals surface area (Å²) >= 11 is 0. The van der Waals surface area contributed by atoms with Crippen molar-refractivity contribution in [2.45, 2.75) is 50.4 Å². The van der Waals surface area contributed by atoms with Gasteiger partial charge in [-0.3, -0.25) is 4.90 Å². The Hall–Kier alpha value is -1.43. The van der Waals surface area contributed by atoms with Gasteiger partial charge in [0.25, 0.3) is 0 Å². The van der Waals surface area contributed by atoms with E-state index in [0.29, 0.717) is 29.8 Å². The van der Waals surface area contributed by atoms with E-state index in [9.17, 15) is 0 Å². The zero-order valence-corrected chi connectivity index (χ0v) is 14.1. The Balaban J connectivity index is 0.00000156. The molecule has 0 amide bonds. The Morgan fingerprint density at radius 2 is 1.87 bits per heavy atom. The fourth-order valence-corrected chi connectivity index (χ4v) is 3.75. The van der Waals surface area contributed by atoms with Crippen LogP contribution in [0.1, 0.15) is 31.6 Å². The lowest BCUT2D eigenvalue weighted by Crippen LogP contribution is -2.46. The summed E-state index contributed by atoms with van der Waals surface area (Å²) < 4.78 is 5.43. The molecule has 5 nitrogen and oxygen atoms in total. The van der Waals surface area contributed by atoms with Gasteiger partial charge in [0, 0.05) is 23.7 Å². The van der Waals surface area contributed by atoms with Crippen molar-refractivity contribution in [1.82, 2.24) is 20.4 Å². The fraction of sp³-hybridized carbons (Fsp3) is 0.529. The van der Waals surface area contributed by atoms with E-state index in [0.717, 1.165) is 12.1 Å². The molecule has 2 saturated heterocycles. The van der Waals surface area contributed by atoms with Crippen LogP contribution in [0.2, 0.25) is 0 Å². The summed E-state index contributed by atoms with van der Waals surface area (Å²) in [5.41, 5.74) is 1.00. The van der Waals surface area contributed by atoms with Crippen LogP contribution in [0.25, 0.3) is 11.4 Å². The van der Waals surface area contributed by atoms with Gasteiger partial charge in [-0.2, -0.15) is 4.98 Å². The second-order valence-electron chi connectivity index (χ2n) is 6.56. The third-order valence-electron chi connectivity index (χ3n) is 4.96. The molecule has 2 aromatic rings. The van der Waals surface area contributed by atoms with Crippen molar-refractivity contribution < 1.29 is 4.52 Å². The normalized spacial score (nSPS) is 26.3. The number of piperidine rings is 1. The highest BCUT2D eigenvalue weighted by Gasteiger charge is 2.35. The zero-order valence-electron chi connectivity index (χ0n) is 13.3. The summed E-state index contributed by atoms with van der Waals surface area (Å²) in [7, 11) is 2.17. The first-order valence-corrected chi connectivity index (χ1v) is 8.12. The van der Waals surface area contributed by atoms with E-state index in [1.165, 1.54) is 25.7 Å². The highest BCUT2D eigenvalue weighted by atomic mass is 35.5. The van der Waals surface area contributed by atoms with Crippen molar-refractivity contribution in [3.63, 3.8) is 0 Å².